The average Bonchev–Trinajstić information content (AvgIpc) is 2.42. The number of fused-ring (bicyclic) bond motifs is 1. The first-order valence-corrected chi connectivity index (χ1v) is 5.52. The van der Waals surface area contributed by atoms with Gasteiger partial charge in [0.05, 0.1) is 6.42 Å². The third-order valence-corrected chi connectivity index (χ3v) is 3.11. The molecule has 1 atom stereocenters. The van der Waals surface area contributed by atoms with Gasteiger partial charge < -0.3 is 5.11 Å². The van der Waals surface area contributed by atoms with Crippen molar-refractivity contribution in [2.24, 2.45) is 0 Å². The van der Waals surface area contributed by atoms with Crippen LogP contribution < -0.4 is 0 Å². The van der Waals surface area contributed by atoms with Crippen LogP contribution in [-0.4, -0.2) is 16.9 Å². The lowest BCUT2D eigenvalue weighted by Crippen LogP contribution is -2.05. The Morgan fingerprint density at radius 2 is 2.25 bits per heavy atom. The highest BCUT2D eigenvalue weighted by atomic mass is 79.9. The summed E-state index contributed by atoms with van der Waals surface area (Å²) in [6, 6.07) is 2.80. The van der Waals surface area contributed by atoms with E-state index in [1.165, 1.54) is 6.07 Å². The first-order valence-electron chi connectivity index (χ1n) is 4.73. The number of carboxylic acid groups (broad SMARTS) is 1. The fourth-order valence-corrected chi connectivity index (χ4v) is 2.48. The zero-order chi connectivity index (χ0) is 11.9. The Kier molecular flexibility index (Phi) is 2.80. The molecule has 0 bridgehead atoms. The van der Waals surface area contributed by atoms with Crippen molar-refractivity contribution in [3.05, 3.63) is 33.5 Å². The van der Waals surface area contributed by atoms with Gasteiger partial charge in [0.2, 0.25) is 0 Å². The molecule has 3 nitrogen and oxygen atoms in total. The molecule has 0 fully saturated rings. The van der Waals surface area contributed by atoms with Crippen LogP contribution in [0.15, 0.2) is 16.6 Å². The number of ketones is 1. The number of hydrogen-bond acceptors (Lipinski definition) is 2. The van der Waals surface area contributed by atoms with Crippen LogP contribution in [0.4, 0.5) is 4.39 Å². The summed E-state index contributed by atoms with van der Waals surface area (Å²) in [6.07, 6.45) is -0.133. The average molecular weight is 287 g/mol. The van der Waals surface area contributed by atoms with Gasteiger partial charge in [-0.2, -0.15) is 0 Å². The molecule has 16 heavy (non-hydrogen) atoms. The number of carbonyl (C=O) groups excluding carboxylic acids is 1. The molecule has 0 aromatic heterocycles. The standard InChI is InChI=1S/C11H8BrFO3/c12-6-3-7-9(14)1-5(2-10(15)16)11(7)8(13)4-6/h3-5H,1-2H2,(H,15,16)/t5-/m1/s1. The summed E-state index contributed by atoms with van der Waals surface area (Å²) in [5.74, 6) is -2.26. The van der Waals surface area contributed by atoms with Gasteiger partial charge in [-0.25, -0.2) is 4.39 Å². The normalized spacial score (nSPS) is 18.6. The van der Waals surface area contributed by atoms with E-state index in [0.717, 1.165) is 0 Å². The van der Waals surface area contributed by atoms with E-state index in [1.54, 1.807) is 6.07 Å². The topological polar surface area (TPSA) is 54.4 Å². The molecule has 84 valence electrons. The van der Waals surface area contributed by atoms with Crippen LogP contribution in [0.1, 0.15) is 34.7 Å². The Hall–Kier alpha value is -1.23. The van der Waals surface area contributed by atoms with Crippen LogP contribution in [0.25, 0.3) is 0 Å². The zero-order valence-corrected chi connectivity index (χ0v) is 9.75. The van der Waals surface area contributed by atoms with E-state index in [1.807, 2.05) is 0 Å². The summed E-state index contributed by atoms with van der Waals surface area (Å²) in [7, 11) is 0. The van der Waals surface area contributed by atoms with Crippen molar-refractivity contribution in [2.45, 2.75) is 18.8 Å². The Bertz CT molecular complexity index is 484. The zero-order valence-electron chi connectivity index (χ0n) is 8.17. The maximum absolute atomic E-state index is 13.7. The van der Waals surface area contributed by atoms with E-state index in [2.05, 4.69) is 15.9 Å². The Labute approximate surface area is 99.4 Å². The number of carboxylic acids is 1. The monoisotopic (exact) mass is 286 g/mol. The summed E-state index contributed by atoms with van der Waals surface area (Å²) in [5, 5.41) is 8.69. The number of Topliss-reactive ketones (excluding diaryl/α,β-unsaturated/α-hetero) is 1. The number of benzene rings is 1. The van der Waals surface area contributed by atoms with Gasteiger partial charge in [0.1, 0.15) is 5.82 Å². The maximum atomic E-state index is 13.7. The summed E-state index contributed by atoms with van der Waals surface area (Å²) >= 11 is 3.11. The molecule has 1 aliphatic rings. The van der Waals surface area contributed by atoms with Crippen LogP contribution >= 0.6 is 15.9 Å². The Balaban J connectivity index is 2.48. The lowest BCUT2D eigenvalue weighted by Gasteiger charge is -2.08. The van der Waals surface area contributed by atoms with Crippen molar-refractivity contribution in [3.8, 4) is 0 Å². The number of aliphatic carboxylic acids is 1. The van der Waals surface area contributed by atoms with Gasteiger partial charge in [-0.15, -0.1) is 0 Å². The molecule has 1 N–H and O–H groups in total. The van der Waals surface area contributed by atoms with Gasteiger partial charge in [0.15, 0.2) is 5.78 Å². The van der Waals surface area contributed by atoms with Crippen LogP contribution in [0, 0.1) is 5.82 Å². The van der Waals surface area contributed by atoms with Gasteiger partial charge in [-0.1, -0.05) is 15.9 Å². The van der Waals surface area contributed by atoms with E-state index < -0.39 is 17.7 Å². The molecule has 1 aliphatic carbocycles. The van der Waals surface area contributed by atoms with E-state index >= 15 is 0 Å². The van der Waals surface area contributed by atoms with Crippen molar-refractivity contribution < 1.29 is 19.1 Å². The van der Waals surface area contributed by atoms with Crippen molar-refractivity contribution in [1.82, 2.24) is 0 Å². The summed E-state index contributed by atoms with van der Waals surface area (Å²) in [4.78, 5) is 22.2. The molecule has 1 aromatic carbocycles. The van der Waals surface area contributed by atoms with Gasteiger partial charge in [-0.05, 0) is 12.1 Å². The summed E-state index contributed by atoms with van der Waals surface area (Å²) in [5.41, 5.74) is 0.550. The van der Waals surface area contributed by atoms with Gasteiger partial charge in [-0.3, -0.25) is 9.59 Å². The SMILES string of the molecule is O=C(O)C[C@H]1CC(=O)c2cc(Br)cc(F)c21. The minimum Gasteiger partial charge on any atom is -0.481 e. The lowest BCUT2D eigenvalue weighted by atomic mass is 9.97. The first-order chi connectivity index (χ1) is 7.49. The molecular weight excluding hydrogens is 279 g/mol. The first kappa shape index (κ1) is 11.3. The smallest absolute Gasteiger partial charge is 0.303 e. The highest BCUT2D eigenvalue weighted by molar-refractivity contribution is 9.10. The largest absolute Gasteiger partial charge is 0.481 e. The molecule has 0 unspecified atom stereocenters. The summed E-state index contributed by atoms with van der Waals surface area (Å²) in [6.45, 7) is 0. The third-order valence-electron chi connectivity index (χ3n) is 2.66. The fourth-order valence-electron chi connectivity index (χ4n) is 2.05. The number of carbonyl (C=O) groups is 2. The van der Waals surface area contributed by atoms with Crippen LogP contribution in [0.5, 0.6) is 0 Å². The van der Waals surface area contributed by atoms with Crippen LogP contribution in [0.2, 0.25) is 0 Å². The minimum absolute atomic E-state index is 0.0784. The molecule has 2 rings (SSSR count). The molecule has 0 heterocycles. The molecule has 0 aliphatic heterocycles. The lowest BCUT2D eigenvalue weighted by molar-refractivity contribution is -0.137. The molecule has 0 spiro atoms. The third kappa shape index (κ3) is 1.87. The molecule has 0 radical (unpaired) electrons. The molecule has 0 amide bonds. The van der Waals surface area contributed by atoms with Crippen molar-refractivity contribution in [1.29, 1.82) is 0 Å². The van der Waals surface area contributed by atoms with Crippen molar-refractivity contribution in [3.63, 3.8) is 0 Å². The molecule has 1 aromatic rings. The highest BCUT2D eigenvalue weighted by Gasteiger charge is 2.33. The quantitative estimate of drug-likeness (QED) is 0.910. The van der Waals surface area contributed by atoms with Gasteiger partial charge >= 0.3 is 5.97 Å². The van der Waals surface area contributed by atoms with Gasteiger partial charge in [0, 0.05) is 27.9 Å². The second-order valence-electron chi connectivity index (χ2n) is 3.77. The maximum Gasteiger partial charge on any atom is 0.303 e. The second kappa shape index (κ2) is 3.97. The van der Waals surface area contributed by atoms with E-state index in [4.69, 9.17) is 5.11 Å². The number of halogens is 2. The highest BCUT2D eigenvalue weighted by Crippen LogP contribution is 2.38. The predicted octanol–water partition coefficient (Wildman–Crippen LogP) is 2.73. The summed E-state index contributed by atoms with van der Waals surface area (Å²) < 4.78 is 14.1. The minimum atomic E-state index is -1.02. The second-order valence-corrected chi connectivity index (χ2v) is 4.69. The molecule has 0 saturated carbocycles. The van der Waals surface area contributed by atoms with Crippen LogP contribution in [0.3, 0.4) is 0 Å². The molecule has 0 saturated heterocycles. The van der Waals surface area contributed by atoms with Crippen molar-refractivity contribution in [2.75, 3.05) is 0 Å². The van der Waals surface area contributed by atoms with Gasteiger partial charge in [0.25, 0.3) is 0 Å². The van der Waals surface area contributed by atoms with Crippen molar-refractivity contribution >= 4 is 27.7 Å². The molecule has 5 heteroatoms. The van der Waals surface area contributed by atoms with Crippen LogP contribution in [-0.2, 0) is 4.79 Å². The molecular formula is C11H8BrFO3. The Morgan fingerprint density at radius 3 is 2.88 bits per heavy atom. The van der Waals surface area contributed by atoms with E-state index in [0.29, 0.717) is 10.0 Å². The van der Waals surface area contributed by atoms with E-state index in [9.17, 15) is 14.0 Å². The number of rotatable bonds is 2. The Morgan fingerprint density at radius 1 is 1.56 bits per heavy atom. The fraction of sp³-hybridized carbons (Fsp3) is 0.273. The predicted molar refractivity (Wildman–Crippen MR) is 58.0 cm³/mol. The van der Waals surface area contributed by atoms with E-state index in [-0.39, 0.29) is 24.2 Å². The number of hydrogen-bond donors (Lipinski definition) is 1.